The fraction of sp³-hybridized carbons (Fsp3) is 0.273. The molecule has 0 aliphatic rings. The van der Waals surface area contributed by atoms with Crippen molar-refractivity contribution in [2.45, 2.75) is 13.3 Å². The number of halogens is 2. The molecule has 11 heteroatoms. The smallest absolute Gasteiger partial charge is 0.238 e. The third kappa shape index (κ3) is 6.44. The van der Waals surface area contributed by atoms with Gasteiger partial charge in [-0.05, 0) is 37.7 Å². The summed E-state index contributed by atoms with van der Waals surface area (Å²) in [7, 11) is 1.85. The first-order valence-corrected chi connectivity index (χ1v) is 10.7. The molecule has 2 N–H and O–H groups in total. The minimum absolute atomic E-state index is 0. The average molecular weight is 490 g/mol. The van der Waals surface area contributed by atoms with Gasteiger partial charge in [-0.15, -0.1) is 12.4 Å². The summed E-state index contributed by atoms with van der Waals surface area (Å²) in [5.74, 6) is 2.77. The molecule has 0 aliphatic carbocycles. The molecule has 174 valence electrons. The van der Waals surface area contributed by atoms with Crippen LogP contribution in [0.15, 0.2) is 49.1 Å². The number of nitrogens with one attached hydrogen (secondary N) is 2. The number of anilines is 2. The van der Waals surface area contributed by atoms with Gasteiger partial charge in [-0.25, -0.2) is 15.0 Å². The van der Waals surface area contributed by atoms with E-state index >= 15 is 0 Å². The van der Waals surface area contributed by atoms with Gasteiger partial charge in [0.1, 0.15) is 28.7 Å². The maximum Gasteiger partial charge on any atom is 0.238 e. The molecule has 1 aromatic carbocycles. The predicted molar refractivity (Wildman–Crippen MR) is 131 cm³/mol. The van der Waals surface area contributed by atoms with Gasteiger partial charge in [-0.3, -0.25) is 4.68 Å². The van der Waals surface area contributed by atoms with E-state index in [9.17, 15) is 0 Å². The second-order valence-electron chi connectivity index (χ2n) is 7.02. The first-order valence-electron chi connectivity index (χ1n) is 10.3. The maximum absolute atomic E-state index is 6.37. The summed E-state index contributed by atoms with van der Waals surface area (Å²) < 4.78 is 13.3. The number of rotatable bonds is 10. The zero-order valence-corrected chi connectivity index (χ0v) is 19.9. The van der Waals surface area contributed by atoms with Gasteiger partial charge in [0.25, 0.3) is 0 Å². The lowest BCUT2D eigenvalue weighted by Gasteiger charge is -2.11. The van der Waals surface area contributed by atoms with Crippen molar-refractivity contribution in [1.82, 2.24) is 30.0 Å². The molecule has 0 fully saturated rings. The van der Waals surface area contributed by atoms with Crippen LogP contribution in [-0.4, -0.2) is 44.4 Å². The van der Waals surface area contributed by atoms with Crippen LogP contribution in [0, 0.1) is 0 Å². The maximum atomic E-state index is 6.37. The lowest BCUT2D eigenvalue weighted by atomic mass is 10.2. The Balaban J connectivity index is 0.00000306. The Morgan fingerprint density at radius 2 is 1.97 bits per heavy atom. The van der Waals surface area contributed by atoms with E-state index < -0.39 is 0 Å². The van der Waals surface area contributed by atoms with Crippen molar-refractivity contribution in [2.24, 2.45) is 7.05 Å². The molecule has 0 spiro atoms. The van der Waals surface area contributed by atoms with Gasteiger partial charge in [0, 0.05) is 30.8 Å². The number of hydrogen-bond acceptors (Lipinski definition) is 8. The topological polar surface area (TPSA) is 99.0 Å². The summed E-state index contributed by atoms with van der Waals surface area (Å²) >= 11 is 6.37. The normalized spacial score (nSPS) is 10.6. The second kappa shape index (κ2) is 11.6. The molecule has 9 nitrogen and oxygen atoms in total. The lowest BCUT2D eigenvalue weighted by molar-refractivity contribution is 0.306. The Labute approximate surface area is 202 Å². The van der Waals surface area contributed by atoms with E-state index in [1.807, 2.05) is 37.5 Å². The number of aryl methyl sites for hydroxylation is 1. The predicted octanol–water partition coefficient (Wildman–Crippen LogP) is 4.75. The number of pyridine rings is 1. The summed E-state index contributed by atoms with van der Waals surface area (Å²) in [6.07, 6.45) is 5.86. The van der Waals surface area contributed by atoms with Crippen molar-refractivity contribution in [3.05, 3.63) is 54.1 Å². The average Bonchev–Trinajstić information content (AvgIpc) is 3.20. The van der Waals surface area contributed by atoms with E-state index in [-0.39, 0.29) is 12.4 Å². The Bertz CT molecular complexity index is 1200. The zero-order valence-electron chi connectivity index (χ0n) is 18.3. The molecule has 0 saturated heterocycles. The van der Waals surface area contributed by atoms with Gasteiger partial charge in [0.05, 0.1) is 18.3 Å². The van der Waals surface area contributed by atoms with E-state index in [0.717, 1.165) is 30.4 Å². The van der Waals surface area contributed by atoms with Crippen LogP contribution in [0.2, 0.25) is 5.02 Å². The van der Waals surface area contributed by atoms with Crippen LogP contribution in [0.4, 0.5) is 11.6 Å². The highest BCUT2D eigenvalue weighted by Crippen LogP contribution is 2.32. The number of nitrogens with zero attached hydrogens (tertiary/aromatic N) is 5. The quantitative estimate of drug-likeness (QED) is 0.308. The van der Waals surface area contributed by atoms with Crippen molar-refractivity contribution in [3.63, 3.8) is 0 Å². The van der Waals surface area contributed by atoms with Crippen LogP contribution in [0.5, 0.6) is 17.4 Å². The van der Waals surface area contributed by atoms with Gasteiger partial charge in [0.2, 0.25) is 5.88 Å². The third-order valence-electron chi connectivity index (χ3n) is 4.58. The van der Waals surface area contributed by atoms with Gasteiger partial charge in [-0.2, -0.15) is 5.10 Å². The molecule has 3 heterocycles. The fourth-order valence-electron chi connectivity index (χ4n) is 3.04. The second-order valence-corrected chi connectivity index (χ2v) is 7.42. The van der Waals surface area contributed by atoms with E-state index in [2.05, 4.69) is 37.6 Å². The van der Waals surface area contributed by atoms with Crippen LogP contribution in [0.1, 0.15) is 13.3 Å². The summed E-state index contributed by atoms with van der Waals surface area (Å²) in [5, 5.41) is 11.9. The van der Waals surface area contributed by atoms with Crippen molar-refractivity contribution >= 4 is 46.5 Å². The lowest BCUT2D eigenvalue weighted by Crippen LogP contribution is -2.16. The van der Waals surface area contributed by atoms with Gasteiger partial charge in [0.15, 0.2) is 5.82 Å². The summed E-state index contributed by atoms with van der Waals surface area (Å²) in [6.45, 7) is 4.51. The van der Waals surface area contributed by atoms with Gasteiger partial charge < -0.3 is 20.1 Å². The number of hydrogen-bond donors (Lipinski definition) is 2. The molecule has 4 aromatic rings. The zero-order chi connectivity index (χ0) is 22.3. The standard InChI is InChI=1S/C22H24ClN7O2.ClH/c1-3-24-8-4-10-31-16-12-18(23)22(25-13-16)32-15-5-6-19-17(11-15)21(27-14-26-19)28-20-7-9-30(2)29-20;/h5-7,9,11-14,24H,3-4,8,10H2,1-2H3,(H,26,27,28,29);1H. The van der Waals surface area contributed by atoms with E-state index in [0.29, 0.717) is 40.6 Å². The first kappa shape index (κ1) is 24.5. The Hall–Kier alpha value is -3.14. The van der Waals surface area contributed by atoms with Crippen molar-refractivity contribution in [1.29, 1.82) is 0 Å². The number of benzene rings is 1. The van der Waals surface area contributed by atoms with Crippen molar-refractivity contribution < 1.29 is 9.47 Å². The minimum atomic E-state index is 0. The highest BCUT2D eigenvalue weighted by atomic mass is 35.5. The van der Waals surface area contributed by atoms with Crippen molar-refractivity contribution in [2.75, 3.05) is 25.0 Å². The first-order chi connectivity index (χ1) is 15.6. The summed E-state index contributed by atoms with van der Waals surface area (Å²) in [5.41, 5.74) is 0.770. The molecule has 0 aliphatic heterocycles. The molecule has 0 unspecified atom stereocenters. The Kier molecular flexibility index (Phi) is 8.65. The molecule has 0 radical (unpaired) electrons. The molecule has 4 rings (SSSR count). The largest absolute Gasteiger partial charge is 0.492 e. The summed E-state index contributed by atoms with van der Waals surface area (Å²) in [4.78, 5) is 13.0. The third-order valence-corrected chi connectivity index (χ3v) is 4.85. The Morgan fingerprint density at radius 3 is 2.73 bits per heavy atom. The van der Waals surface area contributed by atoms with Crippen LogP contribution in [0.25, 0.3) is 10.9 Å². The van der Waals surface area contributed by atoms with Crippen LogP contribution >= 0.6 is 24.0 Å². The van der Waals surface area contributed by atoms with Crippen LogP contribution < -0.4 is 20.1 Å². The molecular formula is C22H25Cl2N7O2. The van der Waals surface area contributed by atoms with E-state index in [1.165, 1.54) is 6.33 Å². The Morgan fingerprint density at radius 1 is 1.09 bits per heavy atom. The molecule has 0 bridgehead atoms. The molecular weight excluding hydrogens is 465 g/mol. The van der Waals surface area contributed by atoms with Crippen LogP contribution in [0.3, 0.4) is 0 Å². The molecule has 33 heavy (non-hydrogen) atoms. The van der Waals surface area contributed by atoms with Crippen LogP contribution in [-0.2, 0) is 7.05 Å². The monoisotopic (exact) mass is 489 g/mol. The minimum Gasteiger partial charge on any atom is -0.492 e. The molecule has 0 saturated carbocycles. The SMILES string of the molecule is CCNCCCOc1cnc(Oc2ccc3ncnc(Nc4ccn(C)n4)c3c2)c(Cl)c1.Cl. The molecule has 3 aromatic heterocycles. The number of aromatic nitrogens is 5. The molecule has 0 amide bonds. The number of ether oxygens (including phenoxy) is 2. The molecule has 0 atom stereocenters. The highest BCUT2D eigenvalue weighted by Gasteiger charge is 2.11. The van der Waals surface area contributed by atoms with Gasteiger partial charge in [-0.1, -0.05) is 18.5 Å². The van der Waals surface area contributed by atoms with E-state index in [1.54, 1.807) is 16.9 Å². The number of fused-ring (bicyclic) bond motifs is 1. The van der Waals surface area contributed by atoms with Crippen molar-refractivity contribution in [3.8, 4) is 17.4 Å². The van der Waals surface area contributed by atoms with E-state index in [4.69, 9.17) is 21.1 Å². The summed E-state index contributed by atoms with van der Waals surface area (Å²) in [6, 6.07) is 9.07. The highest BCUT2D eigenvalue weighted by molar-refractivity contribution is 6.32. The van der Waals surface area contributed by atoms with Gasteiger partial charge >= 0.3 is 0 Å². The fourth-order valence-corrected chi connectivity index (χ4v) is 3.23.